The lowest BCUT2D eigenvalue weighted by Gasteiger charge is -2.21. The van der Waals surface area contributed by atoms with Crippen molar-refractivity contribution in [2.24, 2.45) is 0 Å². The summed E-state index contributed by atoms with van der Waals surface area (Å²) in [6.45, 7) is 3.90. The van der Waals surface area contributed by atoms with Gasteiger partial charge in [0.25, 0.3) is 0 Å². The molecule has 7 heteroatoms. The molecule has 0 aliphatic heterocycles. The molecule has 0 aliphatic rings. The molecule has 0 heterocycles. The molecule has 2 N–H and O–H groups in total. The molecule has 2 aromatic carbocycles. The number of hydrogen-bond donors (Lipinski definition) is 2. The minimum absolute atomic E-state index is 0.0592. The second kappa shape index (κ2) is 9.62. The zero-order chi connectivity index (χ0) is 19.9. The Morgan fingerprint density at radius 3 is 2.30 bits per heavy atom. The van der Waals surface area contributed by atoms with Gasteiger partial charge in [-0.25, -0.2) is 12.8 Å². The van der Waals surface area contributed by atoms with Crippen LogP contribution in [0.15, 0.2) is 59.5 Å². The Hall–Kier alpha value is -2.25. The van der Waals surface area contributed by atoms with Crippen LogP contribution in [0.3, 0.4) is 0 Å². The van der Waals surface area contributed by atoms with E-state index in [2.05, 4.69) is 10.0 Å². The van der Waals surface area contributed by atoms with Crippen molar-refractivity contribution < 1.29 is 17.6 Å². The van der Waals surface area contributed by atoms with Gasteiger partial charge in [-0.15, -0.1) is 0 Å². The van der Waals surface area contributed by atoms with E-state index in [4.69, 9.17) is 0 Å². The van der Waals surface area contributed by atoms with Crippen LogP contribution in [0.4, 0.5) is 4.39 Å². The summed E-state index contributed by atoms with van der Waals surface area (Å²) in [7, 11) is -3.97. The maximum Gasteiger partial charge on any atom is 0.241 e. The van der Waals surface area contributed by atoms with E-state index < -0.39 is 21.9 Å². The third-order valence-electron chi connectivity index (χ3n) is 4.13. The standard InChI is InChI=1S/C20H25FN2O3S/c1-3-7-15(2)22-20(24)19(14-16-8-5-4-6-9-16)23-27(25,26)18-12-10-17(21)11-13-18/h4-6,8-13,15,19,23H,3,7,14H2,1-2H3,(H,22,24)/t15-,19-/m1/s1. The van der Waals surface area contributed by atoms with Crippen LogP contribution in [0, 0.1) is 5.82 Å². The molecule has 0 saturated heterocycles. The summed E-state index contributed by atoms with van der Waals surface area (Å²) in [5.41, 5.74) is 0.836. The van der Waals surface area contributed by atoms with Gasteiger partial charge in [0.05, 0.1) is 4.90 Å². The minimum Gasteiger partial charge on any atom is -0.352 e. The zero-order valence-corrected chi connectivity index (χ0v) is 16.3. The number of benzene rings is 2. The van der Waals surface area contributed by atoms with Gasteiger partial charge in [0, 0.05) is 6.04 Å². The summed E-state index contributed by atoms with van der Waals surface area (Å²) in [6, 6.07) is 12.7. The third-order valence-corrected chi connectivity index (χ3v) is 5.62. The van der Waals surface area contributed by atoms with Gasteiger partial charge >= 0.3 is 0 Å². The van der Waals surface area contributed by atoms with E-state index in [1.54, 1.807) is 0 Å². The summed E-state index contributed by atoms with van der Waals surface area (Å²) in [5.74, 6) is -0.911. The van der Waals surface area contributed by atoms with E-state index in [9.17, 15) is 17.6 Å². The highest BCUT2D eigenvalue weighted by Gasteiger charge is 2.26. The number of amides is 1. The van der Waals surface area contributed by atoms with Gasteiger partial charge in [0.15, 0.2) is 0 Å². The number of rotatable bonds is 9. The maximum absolute atomic E-state index is 13.1. The van der Waals surface area contributed by atoms with Gasteiger partial charge in [-0.1, -0.05) is 43.7 Å². The molecule has 0 aromatic heterocycles. The number of carbonyl (C=O) groups excluding carboxylic acids is 1. The van der Waals surface area contributed by atoms with Crippen LogP contribution in [-0.4, -0.2) is 26.4 Å². The van der Waals surface area contributed by atoms with Crippen molar-refractivity contribution in [2.75, 3.05) is 0 Å². The monoisotopic (exact) mass is 392 g/mol. The van der Waals surface area contributed by atoms with Gasteiger partial charge in [0.1, 0.15) is 11.9 Å². The molecule has 146 valence electrons. The molecule has 0 spiro atoms. The molecule has 2 rings (SSSR count). The molecule has 0 fully saturated rings. The van der Waals surface area contributed by atoms with E-state index >= 15 is 0 Å². The van der Waals surface area contributed by atoms with Crippen LogP contribution in [0.5, 0.6) is 0 Å². The first-order valence-electron chi connectivity index (χ1n) is 8.94. The maximum atomic E-state index is 13.1. The first-order chi connectivity index (χ1) is 12.8. The van der Waals surface area contributed by atoms with Crippen LogP contribution >= 0.6 is 0 Å². The molecule has 1 amide bonds. The number of sulfonamides is 1. The topological polar surface area (TPSA) is 75.3 Å². The second-order valence-corrected chi connectivity index (χ2v) is 8.23. The average molecular weight is 392 g/mol. The fraction of sp³-hybridized carbons (Fsp3) is 0.350. The van der Waals surface area contributed by atoms with Crippen molar-refractivity contribution in [2.45, 2.75) is 50.1 Å². The minimum atomic E-state index is -3.97. The lowest BCUT2D eigenvalue weighted by atomic mass is 10.1. The summed E-state index contributed by atoms with van der Waals surface area (Å²) in [5, 5.41) is 2.86. The number of carbonyl (C=O) groups is 1. The van der Waals surface area contributed by atoms with Crippen LogP contribution < -0.4 is 10.0 Å². The predicted molar refractivity (Wildman–Crippen MR) is 103 cm³/mol. The van der Waals surface area contributed by atoms with Crippen LogP contribution in [-0.2, 0) is 21.2 Å². The average Bonchev–Trinajstić information content (AvgIpc) is 2.62. The Bertz CT molecular complexity index is 839. The van der Waals surface area contributed by atoms with Crippen molar-refractivity contribution in [3.63, 3.8) is 0 Å². The van der Waals surface area contributed by atoms with Crippen molar-refractivity contribution in [1.29, 1.82) is 0 Å². The fourth-order valence-corrected chi connectivity index (χ4v) is 3.95. The SMILES string of the molecule is CCC[C@@H](C)NC(=O)[C@@H](Cc1ccccc1)NS(=O)(=O)c1ccc(F)cc1. The summed E-state index contributed by atoms with van der Waals surface area (Å²) >= 11 is 0. The lowest BCUT2D eigenvalue weighted by Crippen LogP contribution is -2.50. The Balaban J connectivity index is 2.22. The predicted octanol–water partition coefficient (Wildman–Crippen LogP) is 3.02. The molecule has 0 aliphatic carbocycles. The molecular formula is C20H25FN2O3S. The molecular weight excluding hydrogens is 367 g/mol. The summed E-state index contributed by atoms with van der Waals surface area (Å²) in [4.78, 5) is 12.6. The van der Waals surface area contributed by atoms with E-state index in [0.29, 0.717) is 0 Å². The second-order valence-electron chi connectivity index (χ2n) is 6.52. The molecule has 27 heavy (non-hydrogen) atoms. The Kier molecular flexibility index (Phi) is 7.50. The van der Waals surface area contributed by atoms with Gasteiger partial charge < -0.3 is 5.32 Å². The number of nitrogens with one attached hydrogen (secondary N) is 2. The largest absolute Gasteiger partial charge is 0.352 e. The Morgan fingerprint density at radius 2 is 1.70 bits per heavy atom. The Morgan fingerprint density at radius 1 is 1.07 bits per heavy atom. The van der Waals surface area contributed by atoms with Crippen LogP contribution in [0.25, 0.3) is 0 Å². The highest BCUT2D eigenvalue weighted by Crippen LogP contribution is 2.12. The Labute approximate surface area is 160 Å². The van der Waals surface area contributed by atoms with Crippen molar-refractivity contribution >= 4 is 15.9 Å². The molecule has 0 saturated carbocycles. The fourth-order valence-electron chi connectivity index (χ4n) is 2.76. The lowest BCUT2D eigenvalue weighted by molar-refractivity contribution is -0.123. The van der Waals surface area contributed by atoms with Gasteiger partial charge in [-0.05, 0) is 49.6 Å². The molecule has 0 unspecified atom stereocenters. The summed E-state index contributed by atoms with van der Waals surface area (Å²) in [6.07, 6.45) is 1.92. The molecule has 5 nitrogen and oxygen atoms in total. The molecule has 2 atom stereocenters. The summed E-state index contributed by atoms with van der Waals surface area (Å²) < 4.78 is 40.8. The highest BCUT2D eigenvalue weighted by atomic mass is 32.2. The smallest absolute Gasteiger partial charge is 0.241 e. The van der Waals surface area contributed by atoms with Crippen LogP contribution in [0.2, 0.25) is 0 Å². The molecule has 2 aromatic rings. The first-order valence-corrected chi connectivity index (χ1v) is 10.4. The van der Waals surface area contributed by atoms with Gasteiger partial charge in [-0.2, -0.15) is 4.72 Å². The quantitative estimate of drug-likeness (QED) is 0.689. The normalized spacial score (nSPS) is 13.7. The van der Waals surface area contributed by atoms with Gasteiger partial charge in [-0.3, -0.25) is 4.79 Å². The number of hydrogen-bond acceptors (Lipinski definition) is 3. The van der Waals surface area contributed by atoms with Crippen molar-refractivity contribution in [1.82, 2.24) is 10.0 Å². The highest BCUT2D eigenvalue weighted by molar-refractivity contribution is 7.89. The number of halogens is 1. The third kappa shape index (κ3) is 6.45. The van der Waals surface area contributed by atoms with E-state index in [1.807, 2.05) is 44.2 Å². The van der Waals surface area contributed by atoms with Crippen LogP contribution in [0.1, 0.15) is 32.3 Å². The zero-order valence-electron chi connectivity index (χ0n) is 15.5. The van der Waals surface area contributed by atoms with Crippen molar-refractivity contribution in [3.8, 4) is 0 Å². The molecule has 0 bridgehead atoms. The molecule has 0 radical (unpaired) electrons. The van der Waals surface area contributed by atoms with E-state index in [-0.39, 0.29) is 23.3 Å². The first kappa shape index (κ1) is 21.1. The van der Waals surface area contributed by atoms with E-state index in [1.165, 1.54) is 12.1 Å². The van der Waals surface area contributed by atoms with Crippen molar-refractivity contribution in [3.05, 3.63) is 66.0 Å². The van der Waals surface area contributed by atoms with Gasteiger partial charge in [0.2, 0.25) is 15.9 Å². The van der Waals surface area contributed by atoms with E-state index in [0.717, 1.165) is 30.5 Å².